The summed E-state index contributed by atoms with van der Waals surface area (Å²) in [5.74, 6) is 1.01. The number of hydrogen-bond acceptors (Lipinski definition) is 2. The average Bonchev–Trinajstić information content (AvgIpc) is 3.09. The van der Waals surface area contributed by atoms with Gasteiger partial charge in [0.2, 0.25) is 0 Å². The number of rotatable bonds is 4. The molecular weight excluding hydrogens is 398 g/mol. The Labute approximate surface area is 182 Å². The van der Waals surface area contributed by atoms with E-state index in [0.717, 1.165) is 21.9 Å². The maximum atomic E-state index is 12.2. The minimum Gasteiger partial charge on any atom is -0.488 e. The zero-order valence-corrected chi connectivity index (χ0v) is 18.2. The second-order valence-corrected chi connectivity index (χ2v) is 9.19. The number of ether oxygens (including phenoxy) is 1. The van der Waals surface area contributed by atoms with Gasteiger partial charge in [-0.25, -0.2) is 4.79 Å². The molecule has 3 aromatic rings. The summed E-state index contributed by atoms with van der Waals surface area (Å²) in [5, 5.41) is 11.9. The zero-order valence-electron chi connectivity index (χ0n) is 17.5. The Kier molecular flexibility index (Phi) is 5.15. The van der Waals surface area contributed by atoms with E-state index in [0.29, 0.717) is 30.5 Å². The molecule has 1 N–H and O–H groups in total. The first-order valence-corrected chi connectivity index (χ1v) is 10.6. The molecule has 0 aliphatic carbocycles. The Bertz CT molecular complexity index is 1090. The van der Waals surface area contributed by atoms with Crippen LogP contribution in [0.5, 0.6) is 5.75 Å². The third kappa shape index (κ3) is 3.20. The summed E-state index contributed by atoms with van der Waals surface area (Å²) in [6.45, 7) is 7.12. The van der Waals surface area contributed by atoms with E-state index in [1.165, 1.54) is 4.90 Å². The van der Waals surface area contributed by atoms with Crippen LogP contribution < -0.4 is 9.64 Å². The van der Waals surface area contributed by atoms with Crippen LogP contribution in [0.2, 0.25) is 0 Å². The van der Waals surface area contributed by atoms with Gasteiger partial charge in [-0.15, -0.1) is 11.6 Å². The van der Waals surface area contributed by atoms with Crippen molar-refractivity contribution in [1.82, 2.24) is 0 Å². The molecule has 1 heterocycles. The van der Waals surface area contributed by atoms with Gasteiger partial charge in [0.05, 0.1) is 5.69 Å². The number of carbonyl (C=O) groups is 1. The summed E-state index contributed by atoms with van der Waals surface area (Å²) >= 11 is 6.58. The molecule has 0 spiro atoms. The van der Waals surface area contributed by atoms with Gasteiger partial charge in [-0.2, -0.15) is 0 Å². The zero-order chi connectivity index (χ0) is 21.5. The molecule has 3 aromatic carbocycles. The predicted molar refractivity (Wildman–Crippen MR) is 122 cm³/mol. The monoisotopic (exact) mass is 423 g/mol. The van der Waals surface area contributed by atoms with Crippen molar-refractivity contribution in [3.05, 3.63) is 71.8 Å². The minimum absolute atomic E-state index is 0.233. The fraction of sp³-hybridized carbons (Fsp3) is 0.320. The number of hydrogen-bond donors (Lipinski definition) is 1. The number of halogens is 1. The molecule has 1 atom stereocenters. The van der Waals surface area contributed by atoms with Crippen molar-refractivity contribution in [3.63, 3.8) is 0 Å². The Balaban J connectivity index is 1.92. The average molecular weight is 424 g/mol. The molecule has 1 amide bonds. The first kappa shape index (κ1) is 20.5. The molecule has 30 heavy (non-hydrogen) atoms. The van der Waals surface area contributed by atoms with E-state index in [1.807, 2.05) is 60.7 Å². The second-order valence-electron chi connectivity index (χ2n) is 8.92. The van der Waals surface area contributed by atoms with Crippen molar-refractivity contribution in [2.45, 2.75) is 32.8 Å². The van der Waals surface area contributed by atoms with Crippen molar-refractivity contribution in [3.8, 4) is 5.75 Å². The molecule has 0 saturated heterocycles. The van der Waals surface area contributed by atoms with Crippen LogP contribution >= 0.6 is 11.6 Å². The first-order valence-electron chi connectivity index (χ1n) is 10.1. The highest BCUT2D eigenvalue weighted by molar-refractivity contribution is 6.19. The van der Waals surface area contributed by atoms with Crippen LogP contribution in [0.1, 0.15) is 31.9 Å². The first-order chi connectivity index (χ1) is 14.3. The summed E-state index contributed by atoms with van der Waals surface area (Å²) in [7, 11) is 0. The second kappa shape index (κ2) is 7.51. The van der Waals surface area contributed by atoms with Gasteiger partial charge in [-0.05, 0) is 21.9 Å². The summed E-state index contributed by atoms with van der Waals surface area (Å²) in [4.78, 5) is 13.6. The Morgan fingerprint density at radius 1 is 1.10 bits per heavy atom. The highest BCUT2D eigenvalue weighted by Crippen LogP contribution is 2.55. The minimum atomic E-state index is -0.975. The molecule has 1 aliphatic rings. The normalized spacial score (nSPS) is 18.5. The van der Waals surface area contributed by atoms with Gasteiger partial charge in [0.1, 0.15) is 12.4 Å². The van der Waals surface area contributed by atoms with Crippen LogP contribution in [0, 0.1) is 5.41 Å². The number of fused-ring (bicyclic) bond motifs is 3. The fourth-order valence-corrected chi connectivity index (χ4v) is 5.04. The maximum Gasteiger partial charge on any atom is 0.411 e. The smallest absolute Gasteiger partial charge is 0.411 e. The lowest BCUT2D eigenvalue weighted by molar-refractivity contribution is 0.192. The number of carboxylic acid groups (broad SMARTS) is 1. The molecule has 4 nitrogen and oxygen atoms in total. The highest BCUT2D eigenvalue weighted by Gasteiger charge is 2.52. The maximum absolute atomic E-state index is 12.2. The van der Waals surface area contributed by atoms with Gasteiger partial charge in [0.15, 0.2) is 0 Å². The van der Waals surface area contributed by atoms with Gasteiger partial charge >= 0.3 is 6.09 Å². The number of anilines is 1. The van der Waals surface area contributed by atoms with Crippen molar-refractivity contribution >= 4 is 34.2 Å². The van der Waals surface area contributed by atoms with Gasteiger partial charge in [-0.3, -0.25) is 4.90 Å². The van der Waals surface area contributed by atoms with Gasteiger partial charge < -0.3 is 9.84 Å². The quantitative estimate of drug-likeness (QED) is 0.491. The van der Waals surface area contributed by atoms with E-state index in [2.05, 4.69) is 20.8 Å². The van der Waals surface area contributed by atoms with Crippen molar-refractivity contribution in [2.24, 2.45) is 5.41 Å². The molecule has 1 aliphatic heterocycles. The summed E-state index contributed by atoms with van der Waals surface area (Å²) in [6, 6.07) is 19.8. The molecular formula is C25H26ClNO3. The summed E-state index contributed by atoms with van der Waals surface area (Å²) in [6.07, 6.45) is -0.975. The highest BCUT2D eigenvalue weighted by atomic mass is 35.5. The molecule has 4 rings (SSSR count). The number of amides is 1. The van der Waals surface area contributed by atoms with Crippen molar-refractivity contribution < 1.29 is 14.6 Å². The van der Waals surface area contributed by atoms with E-state index >= 15 is 0 Å². The standard InChI is InChI=1S/C25H26ClNO3/c1-24(2,3)25(15-26)16-27(23(28)29)20-13-21(30-14-17-9-5-4-6-10-17)18-11-7-8-12-19(18)22(20)25/h4-13H,14-16H2,1-3H3,(H,28,29)/t25-/m0/s1. The number of benzene rings is 3. The third-order valence-electron chi connectivity index (χ3n) is 6.32. The van der Waals surface area contributed by atoms with Crippen LogP contribution in [-0.2, 0) is 12.0 Å². The van der Waals surface area contributed by atoms with E-state index in [4.69, 9.17) is 16.3 Å². The lowest BCUT2D eigenvalue weighted by atomic mass is 9.64. The van der Waals surface area contributed by atoms with Crippen LogP contribution in [0.25, 0.3) is 10.8 Å². The molecule has 0 saturated carbocycles. The number of alkyl halides is 1. The predicted octanol–water partition coefficient (Wildman–Crippen LogP) is 6.44. The molecule has 0 aromatic heterocycles. The topological polar surface area (TPSA) is 49.8 Å². The van der Waals surface area contributed by atoms with Gasteiger partial charge in [-0.1, -0.05) is 75.4 Å². The molecule has 0 unspecified atom stereocenters. The van der Waals surface area contributed by atoms with E-state index in [9.17, 15) is 9.90 Å². The van der Waals surface area contributed by atoms with Crippen LogP contribution in [0.4, 0.5) is 10.5 Å². The Morgan fingerprint density at radius 2 is 1.73 bits per heavy atom. The van der Waals surface area contributed by atoms with E-state index in [1.54, 1.807) is 0 Å². The van der Waals surface area contributed by atoms with E-state index < -0.39 is 11.5 Å². The molecule has 0 radical (unpaired) electrons. The van der Waals surface area contributed by atoms with Gasteiger partial charge in [0.25, 0.3) is 0 Å². The largest absolute Gasteiger partial charge is 0.488 e. The Morgan fingerprint density at radius 3 is 2.33 bits per heavy atom. The third-order valence-corrected chi connectivity index (χ3v) is 6.77. The number of nitrogens with zero attached hydrogens (tertiary/aromatic N) is 1. The van der Waals surface area contributed by atoms with Crippen LogP contribution in [-0.4, -0.2) is 23.6 Å². The van der Waals surface area contributed by atoms with Gasteiger partial charge in [0, 0.05) is 29.3 Å². The lowest BCUT2D eigenvalue weighted by Crippen LogP contribution is -2.46. The van der Waals surface area contributed by atoms with Crippen molar-refractivity contribution in [1.29, 1.82) is 0 Å². The molecule has 0 bridgehead atoms. The fourth-order valence-electron chi connectivity index (χ4n) is 4.43. The van der Waals surface area contributed by atoms with Crippen molar-refractivity contribution in [2.75, 3.05) is 17.3 Å². The lowest BCUT2D eigenvalue weighted by Gasteiger charge is -2.41. The SMILES string of the molecule is CC(C)(C)[C@@]1(CCl)CN(C(=O)O)c2cc(OCc3ccccc3)c3ccccc3c21. The van der Waals surface area contributed by atoms with Crippen LogP contribution in [0.15, 0.2) is 60.7 Å². The van der Waals surface area contributed by atoms with E-state index in [-0.39, 0.29) is 5.41 Å². The molecule has 156 valence electrons. The molecule has 0 fully saturated rings. The molecule has 5 heteroatoms. The summed E-state index contributed by atoms with van der Waals surface area (Å²) in [5.41, 5.74) is 1.99. The van der Waals surface area contributed by atoms with Crippen LogP contribution in [0.3, 0.4) is 0 Å². The Hall–Kier alpha value is -2.72. The summed E-state index contributed by atoms with van der Waals surface area (Å²) < 4.78 is 6.19.